The lowest BCUT2D eigenvalue weighted by Crippen LogP contribution is -2.05. The fourth-order valence-electron chi connectivity index (χ4n) is 1.54. The van der Waals surface area contributed by atoms with Crippen molar-refractivity contribution in [2.75, 3.05) is 0 Å². The molecule has 2 rings (SSSR count). The Balaban J connectivity index is 2.62. The van der Waals surface area contributed by atoms with Crippen LogP contribution in [0, 0.1) is 10.1 Å². The maximum atomic E-state index is 12.2. The van der Waals surface area contributed by atoms with Gasteiger partial charge in [-0.2, -0.15) is 0 Å². The van der Waals surface area contributed by atoms with Crippen molar-refractivity contribution in [3.05, 3.63) is 34.6 Å². The summed E-state index contributed by atoms with van der Waals surface area (Å²) in [7, 11) is 0. The van der Waals surface area contributed by atoms with Crippen molar-refractivity contribution in [2.24, 2.45) is 0 Å². The molecule has 0 saturated carbocycles. The number of aromatic nitrogens is 2. The van der Waals surface area contributed by atoms with Gasteiger partial charge in [-0.3, -0.25) is 10.1 Å². The van der Waals surface area contributed by atoms with E-state index in [1.165, 1.54) is 18.3 Å². The van der Waals surface area contributed by atoms with Crippen LogP contribution in [-0.4, -0.2) is 20.9 Å². The molecule has 84 valence electrons. The first-order valence-electron chi connectivity index (χ1n) is 4.46. The van der Waals surface area contributed by atoms with Crippen molar-refractivity contribution in [3.63, 3.8) is 0 Å². The van der Waals surface area contributed by atoms with Gasteiger partial charge in [0.1, 0.15) is 5.65 Å². The van der Waals surface area contributed by atoms with E-state index in [4.69, 9.17) is 0 Å². The molecule has 7 heteroatoms. The van der Waals surface area contributed by atoms with Crippen LogP contribution in [0.25, 0.3) is 11.0 Å². The molecule has 2 heterocycles. The Morgan fingerprint density at radius 2 is 2.31 bits per heavy atom. The van der Waals surface area contributed by atoms with Crippen molar-refractivity contribution in [3.8, 4) is 0 Å². The molecule has 2 aromatic rings. The molecule has 0 atom stereocenters. The predicted molar refractivity (Wildman–Crippen MR) is 52.4 cm³/mol. The van der Waals surface area contributed by atoms with E-state index in [2.05, 4.69) is 4.98 Å². The van der Waals surface area contributed by atoms with Crippen LogP contribution < -0.4 is 0 Å². The van der Waals surface area contributed by atoms with E-state index in [1.807, 2.05) is 0 Å². The number of hydrogen-bond acceptors (Lipinski definition) is 3. The molecule has 0 saturated heterocycles. The van der Waals surface area contributed by atoms with Crippen molar-refractivity contribution in [1.29, 1.82) is 0 Å². The molecule has 0 unspecified atom stereocenters. The number of rotatable bonds is 3. The van der Waals surface area contributed by atoms with Gasteiger partial charge in [0.05, 0.1) is 23.1 Å². The van der Waals surface area contributed by atoms with Crippen LogP contribution in [0.3, 0.4) is 0 Å². The highest BCUT2D eigenvalue weighted by Gasteiger charge is 2.19. The summed E-state index contributed by atoms with van der Waals surface area (Å²) in [6, 6.07) is 3.02. The van der Waals surface area contributed by atoms with Crippen LogP contribution in [0.15, 0.2) is 24.5 Å². The third-order valence-electron chi connectivity index (χ3n) is 2.14. The quantitative estimate of drug-likeness (QED) is 0.596. The lowest BCUT2D eigenvalue weighted by molar-refractivity contribution is -0.383. The summed E-state index contributed by atoms with van der Waals surface area (Å²) in [5.74, 6) is 0. The Labute approximate surface area is 88.5 Å². The van der Waals surface area contributed by atoms with Gasteiger partial charge in [-0.25, -0.2) is 13.8 Å². The minimum Gasteiger partial charge on any atom is -0.320 e. The summed E-state index contributed by atoms with van der Waals surface area (Å²) in [4.78, 5) is 13.9. The Morgan fingerprint density at radius 3 is 2.94 bits per heavy atom. The first-order valence-corrected chi connectivity index (χ1v) is 4.46. The zero-order valence-electron chi connectivity index (χ0n) is 8.01. The van der Waals surface area contributed by atoms with E-state index < -0.39 is 17.9 Å². The van der Waals surface area contributed by atoms with Crippen LogP contribution in [-0.2, 0) is 6.54 Å². The average molecular weight is 227 g/mol. The minimum atomic E-state index is -2.57. The van der Waals surface area contributed by atoms with Crippen LogP contribution in [0.2, 0.25) is 0 Å². The monoisotopic (exact) mass is 227 g/mol. The molecule has 16 heavy (non-hydrogen) atoms. The molecular formula is C9H7F2N3O2. The molecule has 0 amide bonds. The SMILES string of the molecule is O=[N+]([O-])c1cn(CC(F)F)c2ncccc12. The highest BCUT2D eigenvalue weighted by Crippen LogP contribution is 2.26. The number of pyridine rings is 1. The average Bonchev–Trinajstić information content (AvgIpc) is 2.57. The first kappa shape index (κ1) is 10.5. The van der Waals surface area contributed by atoms with Gasteiger partial charge in [0, 0.05) is 6.20 Å². The van der Waals surface area contributed by atoms with Crippen molar-refractivity contribution < 1.29 is 13.7 Å². The fourth-order valence-corrected chi connectivity index (χ4v) is 1.54. The van der Waals surface area contributed by atoms with Crippen molar-refractivity contribution in [1.82, 2.24) is 9.55 Å². The van der Waals surface area contributed by atoms with Gasteiger partial charge in [-0.1, -0.05) is 0 Å². The number of alkyl halides is 2. The van der Waals surface area contributed by atoms with E-state index in [9.17, 15) is 18.9 Å². The third-order valence-corrected chi connectivity index (χ3v) is 2.14. The molecule has 0 aliphatic carbocycles. The zero-order chi connectivity index (χ0) is 11.7. The van der Waals surface area contributed by atoms with Crippen LogP contribution in [0.1, 0.15) is 0 Å². The summed E-state index contributed by atoms with van der Waals surface area (Å²) in [5, 5.41) is 11.0. The molecule has 0 aliphatic rings. The molecule has 0 bridgehead atoms. The van der Waals surface area contributed by atoms with Crippen LogP contribution in [0.4, 0.5) is 14.5 Å². The second kappa shape index (κ2) is 3.84. The lowest BCUT2D eigenvalue weighted by Gasteiger charge is -2.01. The van der Waals surface area contributed by atoms with Crippen LogP contribution >= 0.6 is 0 Å². The maximum absolute atomic E-state index is 12.2. The molecule has 0 aromatic carbocycles. The molecule has 0 fully saturated rings. The second-order valence-electron chi connectivity index (χ2n) is 3.19. The van der Waals surface area contributed by atoms with Crippen molar-refractivity contribution in [2.45, 2.75) is 13.0 Å². The molecular weight excluding hydrogens is 220 g/mol. The predicted octanol–water partition coefficient (Wildman–Crippen LogP) is 2.21. The highest BCUT2D eigenvalue weighted by molar-refractivity contribution is 5.86. The van der Waals surface area contributed by atoms with E-state index in [1.54, 1.807) is 0 Å². The largest absolute Gasteiger partial charge is 0.320 e. The lowest BCUT2D eigenvalue weighted by atomic mass is 10.3. The fraction of sp³-hybridized carbons (Fsp3) is 0.222. The topological polar surface area (TPSA) is 61.0 Å². The molecule has 0 N–H and O–H groups in total. The molecule has 2 aromatic heterocycles. The Bertz CT molecular complexity index is 539. The zero-order valence-corrected chi connectivity index (χ0v) is 8.01. The number of halogens is 2. The normalized spacial score (nSPS) is 11.2. The van der Waals surface area contributed by atoms with Gasteiger partial charge in [0.25, 0.3) is 12.1 Å². The molecule has 0 spiro atoms. The van der Waals surface area contributed by atoms with Crippen molar-refractivity contribution >= 4 is 16.7 Å². The van der Waals surface area contributed by atoms with Gasteiger partial charge in [-0.05, 0) is 12.1 Å². The van der Waals surface area contributed by atoms with Gasteiger partial charge < -0.3 is 4.57 Å². The maximum Gasteiger partial charge on any atom is 0.296 e. The minimum absolute atomic E-state index is 0.203. The van der Waals surface area contributed by atoms with Gasteiger partial charge in [0.2, 0.25) is 0 Å². The van der Waals surface area contributed by atoms with E-state index in [0.29, 0.717) is 0 Å². The Hall–Kier alpha value is -2.05. The summed E-state index contributed by atoms with van der Waals surface area (Å²) >= 11 is 0. The number of hydrogen-bond donors (Lipinski definition) is 0. The summed E-state index contributed by atoms with van der Waals surface area (Å²) in [6.45, 7) is -0.596. The van der Waals surface area contributed by atoms with Gasteiger partial charge in [0.15, 0.2) is 0 Å². The smallest absolute Gasteiger partial charge is 0.296 e. The standard InChI is InChI=1S/C9H7F2N3O2/c10-8(11)5-13-4-7(14(15)16)6-2-1-3-12-9(6)13/h1-4,8H,5H2. The number of nitro groups is 1. The van der Waals surface area contributed by atoms with E-state index in [0.717, 1.165) is 10.8 Å². The number of fused-ring (bicyclic) bond motifs is 1. The summed E-state index contributed by atoms with van der Waals surface area (Å²) < 4.78 is 25.6. The highest BCUT2D eigenvalue weighted by atomic mass is 19.3. The summed E-state index contributed by atoms with van der Waals surface area (Å²) in [5.41, 5.74) is -0.00162. The molecule has 5 nitrogen and oxygen atoms in total. The Kier molecular flexibility index (Phi) is 2.51. The number of nitrogens with zero attached hydrogens (tertiary/aromatic N) is 3. The van der Waals surface area contributed by atoms with Crippen LogP contribution in [0.5, 0.6) is 0 Å². The third kappa shape index (κ3) is 1.71. The van der Waals surface area contributed by atoms with E-state index >= 15 is 0 Å². The van der Waals surface area contributed by atoms with Gasteiger partial charge >= 0.3 is 0 Å². The Morgan fingerprint density at radius 1 is 1.56 bits per heavy atom. The summed E-state index contributed by atoms with van der Waals surface area (Å²) in [6.07, 6.45) is -0.0742. The van der Waals surface area contributed by atoms with Gasteiger partial charge in [-0.15, -0.1) is 0 Å². The second-order valence-corrected chi connectivity index (χ2v) is 3.19. The first-order chi connectivity index (χ1) is 7.59. The molecule has 0 aliphatic heterocycles. The molecule has 0 radical (unpaired) electrons. The van der Waals surface area contributed by atoms with E-state index in [-0.39, 0.29) is 16.7 Å².